The lowest BCUT2D eigenvalue weighted by Gasteiger charge is -2.39. The summed E-state index contributed by atoms with van der Waals surface area (Å²) in [6, 6.07) is 18.2. The highest BCUT2D eigenvalue weighted by molar-refractivity contribution is 7.99. The standard InChI is InChI=1S/C24H29ClN2O2S/c25-21-13-11-19(12-14-21)8-4-1-2-7-15-26-22(28)17-27-23(29)16-24(27)30-18-20-9-5-3-6-10-20/h3,5-6,9-14,24H,1-2,4,7-8,15-18H2,(H,26,28). The van der Waals surface area contributed by atoms with Gasteiger partial charge in [0.05, 0.1) is 11.8 Å². The molecule has 0 radical (unpaired) electrons. The van der Waals surface area contributed by atoms with Crippen molar-refractivity contribution in [3.05, 3.63) is 70.7 Å². The first kappa shape index (κ1) is 22.7. The molecule has 1 N–H and O–H groups in total. The molecule has 1 saturated heterocycles. The minimum atomic E-state index is -0.0606. The Kier molecular flexibility index (Phi) is 9.09. The van der Waals surface area contributed by atoms with E-state index in [0.29, 0.717) is 13.0 Å². The molecule has 2 aromatic carbocycles. The summed E-state index contributed by atoms with van der Waals surface area (Å²) in [6.07, 6.45) is 5.92. The second-order valence-corrected chi connectivity index (χ2v) is 9.22. The SMILES string of the molecule is O=C(CN1C(=O)CC1SCc1ccccc1)NCCCCCCc1ccc(Cl)cc1. The molecule has 1 heterocycles. The second kappa shape index (κ2) is 12.0. The summed E-state index contributed by atoms with van der Waals surface area (Å²) in [5.41, 5.74) is 2.55. The number of β-lactam (4-membered cyclic amide) rings is 1. The summed E-state index contributed by atoms with van der Waals surface area (Å²) < 4.78 is 0. The Morgan fingerprint density at radius 1 is 1.00 bits per heavy atom. The molecule has 1 atom stereocenters. The van der Waals surface area contributed by atoms with E-state index >= 15 is 0 Å². The number of likely N-dealkylation sites (tertiary alicyclic amines) is 1. The number of rotatable bonds is 12. The number of nitrogens with one attached hydrogen (secondary N) is 1. The average molecular weight is 445 g/mol. The third-order valence-electron chi connectivity index (χ3n) is 5.24. The molecule has 0 aromatic heterocycles. The van der Waals surface area contributed by atoms with Gasteiger partial charge in [-0.05, 0) is 42.5 Å². The summed E-state index contributed by atoms with van der Waals surface area (Å²) in [5.74, 6) is 0.861. The normalized spacial score (nSPS) is 15.7. The monoisotopic (exact) mass is 444 g/mol. The minimum absolute atomic E-state index is 0.0606. The van der Waals surface area contributed by atoms with E-state index in [2.05, 4.69) is 29.6 Å². The average Bonchev–Trinajstić information content (AvgIpc) is 2.76. The van der Waals surface area contributed by atoms with Crippen LogP contribution in [-0.4, -0.2) is 35.2 Å². The number of carbonyl (C=O) groups is 2. The van der Waals surface area contributed by atoms with E-state index in [-0.39, 0.29) is 23.7 Å². The molecule has 2 amide bonds. The highest BCUT2D eigenvalue weighted by Gasteiger charge is 2.37. The Morgan fingerprint density at radius 2 is 1.73 bits per heavy atom. The molecule has 6 heteroatoms. The molecule has 2 aromatic rings. The summed E-state index contributed by atoms with van der Waals surface area (Å²) in [7, 11) is 0. The predicted octanol–water partition coefficient (Wildman–Crippen LogP) is 5.05. The smallest absolute Gasteiger partial charge is 0.239 e. The van der Waals surface area contributed by atoms with Gasteiger partial charge < -0.3 is 10.2 Å². The molecule has 1 fully saturated rings. The van der Waals surface area contributed by atoms with Crippen molar-refractivity contribution in [2.24, 2.45) is 0 Å². The number of hydrogen-bond donors (Lipinski definition) is 1. The molecule has 1 aliphatic heterocycles. The van der Waals surface area contributed by atoms with Crippen LogP contribution in [0.3, 0.4) is 0 Å². The van der Waals surface area contributed by atoms with Crippen LogP contribution >= 0.6 is 23.4 Å². The van der Waals surface area contributed by atoms with Gasteiger partial charge in [0.1, 0.15) is 6.54 Å². The fraction of sp³-hybridized carbons (Fsp3) is 0.417. The van der Waals surface area contributed by atoms with Gasteiger partial charge in [0, 0.05) is 17.3 Å². The molecule has 30 heavy (non-hydrogen) atoms. The van der Waals surface area contributed by atoms with E-state index in [1.54, 1.807) is 16.7 Å². The van der Waals surface area contributed by atoms with Gasteiger partial charge in [0.25, 0.3) is 0 Å². The van der Waals surface area contributed by atoms with E-state index in [4.69, 9.17) is 11.6 Å². The van der Waals surface area contributed by atoms with Crippen LogP contribution in [0.5, 0.6) is 0 Å². The van der Waals surface area contributed by atoms with Gasteiger partial charge in [-0.15, -0.1) is 11.8 Å². The van der Waals surface area contributed by atoms with Crippen molar-refractivity contribution in [1.82, 2.24) is 10.2 Å². The molecule has 0 saturated carbocycles. The number of carbonyl (C=O) groups excluding carboxylic acids is 2. The Balaban J connectivity index is 1.24. The molecule has 1 aliphatic rings. The number of amides is 2. The zero-order valence-corrected chi connectivity index (χ0v) is 18.8. The maximum Gasteiger partial charge on any atom is 0.239 e. The lowest BCUT2D eigenvalue weighted by atomic mass is 10.1. The summed E-state index contributed by atoms with van der Waals surface area (Å²) in [4.78, 5) is 25.8. The van der Waals surface area contributed by atoms with Crippen molar-refractivity contribution >= 4 is 35.2 Å². The zero-order chi connectivity index (χ0) is 21.2. The van der Waals surface area contributed by atoms with Crippen molar-refractivity contribution in [1.29, 1.82) is 0 Å². The second-order valence-electron chi connectivity index (χ2n) is 7.62. The molecule has 1 unspecified atom stereocenters. The van der Waals surface area contributed by atoms with Crippen LogP contribution in [0, 0.1) is 0 Å². The fourth-order valence-corrected chi connectivity index (χ4v) is 4.76. The lowest BCUT2D eigenvalue weighted by Crippen LogP contribution is -2.54. The highest BCUT2D eigenvalue weighted by Crippen LogP contribution is 2.31. The van der Waals surface area contributed by atoms with Crippen molar-refractivity contribution in [2.75, 3.05) is 13.1 Å². The minimum Gasteiger partial charge on any atom is -0.355 e. The number of benzene rings is 2. The number of thioether (sulfide) groups is 1. The maximum absolute atomic E-state index is 12.2. The largest absolute Gasteiger partial charge is 0.355 e. The van der Waals surface area contributed by atoms with Gasteiger partial charge in [-0.1, -0.05) is 66.9 Å². The third kappa shape index (κ3) is 7.37. The molecular formula is C24H29ClN2O2S. The molecule has 4 nitrogen and oxygen atoms in total. The lowest BCUT2D eigenvalue weighted by molar-refractivity contribution is -0.145. The van der Waals surface area contributed by atoms with E-state index in [1.165, 1.54) is 11.1 Å². The predicted molar refractivity (Wildman–Crippen MR) is 124 cm³/mol. The molecule has 160 valence electrons. The van der Waals surface area contributed by atoms with Crippen LogP contribution in [0.2, 0.25) is 5.02 Å². The first-order valence-electron chi connectivity index (χ1n) is 10.6. The Bertz CT molecular complexity index is 814. The number of nitrogens with zero attached hydrogens (tertiary/aromatic N) is 1. The van der Waals surface area contributed by atoms with E-state index in [9.17, 15) is 9.59 Å². The maximum atomic E-state index is 12.2. The Labute approximate surface area is 188 Å². The van der Waals surface area contributed by atoms with Gasteiger partial charge >= 0.3 is 0 Å². The van der Waals surface area contributed by atoms with Crippen molar-refractivity contribution in [3.8, 4) is 0 Å². The fourth-order valence-electron chi connectivity index (χ4n) is 3.43. The molecule has 0 spiro atoms. The number of hydrogen-bond acceptors (Lipinski definition) is 3. The van der Waals surface area contributed by atoms with E-state index in [1.807, 2.05) is 30.3 Å². The Morgan fingerprint density at radius 3 is 2.47 bits per heavy atom. The summed E-state index contributed by atoms with van der Waals surface area (Å²) >= 11 is 7.62. The highest BCUT2D eigenvalue weighted by atomic mass is 35.5. The first-order valence-corrected chi connectivity index (χ1v) is 12.0. The number of unbranched alkanes of at least 4 members (excludes halogenated alkanes) is 3. The van der Waals surface area contributed by atoms with E-state index < -0.39 is 0 Å². The third-order valence-corrected chi connectivity index (χ3v) is 6.80. The van der Waals surface area contributed by atoms with Crippen LogP contribution in [-0.2, 0) is 21.8 Å². The first-order chi connectivity index (χ1) is 14.6. The van der Waals surface area contributed by atoms with Crippen molar-refractivity contribution < 1.29 is 9.59 Å². The molecule has 0 bridgehead atoms. The quantitative estimate of drug-likeness (QED) is 0.368. The summed E-state index contributed by atoms with van der Waals surface area (Å²) in [6.45, 7) is 0.839. The van der Waals surface area contributed by atoms with Crippen molar-refractivity contribution in [2.45, 2.75) is 49.7 Å². The van der Waals surface area contributed by atoms with Gasteiger partial charge in [0.2, 0.25) is 11.8 Å². The van der Waals surface area contributed by atoms with Crippen LogP contribution in [0.25, 0.3) is 0 Å². The number of halogens is 1. The summed E-state index contributed by atoms with van der Waals surface area (Å²) in [5, 5.41) is 3.84. The van der Waals surface area contributed by atoms with Crippen LogP contribution in [0.15, 0.2) is 54.6 Å². The van der Waals surface area contributed by atoms with Crippen molar-refractivity contribution in [3.63, 3.8) is 0 Å². The molecular weight excluding hydrogens is 416 g/mol. The zero-order valence-electron chi connectivity index (χ0n) is 17.2. The Hall–Kier alpha value is -1.98. The van der Waals surface area contributed by atoms with Crippen LogP contribution in [0.4, 0.5) is 0 Å². The van der Waals surface area contributed by atoms with Gasteiger partial charge in [-0.25, -0.2) is 0 Å². The van der Waals surface area contributed by atoms with Crippen LogP contribution < -0.4 is 5.32 Å². The van der Waals surface area contributed by atoms with Gasteiger partial charge in [0.15, 0.2) is 0 Å². The van der Waals surface area contributed by atoms with Crippen LogP contribution in [0.1, 0.15) is 43.2 Å². The topological polar surface area (TPSA) is 49.4 Å². The molecule has 0 aliphatic carbocycles. The number of aryl methyl sites for hydroxylation is 1. The van der Waals surface area contributed by atoms with Gasteiger partial charge in [-0.2, -0.15) is 0 Å². The van der Waals surface area contributed by atoms with Gasteiger partial charge in [-0.3, -0.25) is 9.59 Å². The molecule has 3 rings (SSSR count). The van der Waals surface area contributed by atoms with E-state index in [0.717, 1.165) is 42.9 Å².